The third-order valence-electron chi connectivity index (χ3n) is 3.28. The zero-order valence-corrected chi connectivity index (χ0v) is 11.8. The lowest BCUT2D eigenvalue weighted by Gasteiger charge is -2.07. The van der Waals surface area contributed by atoms with E-state index in [1.54, 1.807) is 22.9 Å². The van der Waals surface area contributed by atoms with E-state index >= 15 is 0 Å². The molecule has 0 aliphatic rings. The minimum Gasteiger partial charge on any atom is -0.330 e. The Bertz CT molecular complexity index is 593. The number of benzene rings is 1. The predicted octanol–water partition coefficient (Wildman–Crippen LogP) is 2.84. The number of nitrogens with zero attached hydrogens (tertiary/aromatic N) is 2. The SMILES string of the molecule is Cc1nn(Cc2cccc(Cl)c2F)c(C)c1CCN. The van der Waals surface area contributed by atoms with Crippen LogP contribution in [0.3, 0.4) is 0 Å². The molecule has 0 aliphatic heterocycles. The van der Waals surface area contributed by atoms with Crippen molar-refractivity contribution >= 4 is 11.6 Å². The maximum atomic E-state index is 13.9. The first-order valence-corrected chi connectivity index (χ1v) is 6.58. The molecule has 0 aliphatic carbocycles. The van der Waals surface area contributed by atoms with E-state index in [0.29, 0.717) is 18.7 Å². The Balaban J connectivity index is 2.34. The fraction of sp³-hybridized carbons (Fsp3) is 0.357. The van der Waals surface area contributed by atoms with Crippen LogP contribution >= 0.6 is 11.6 Å². The molecule has 0 atom stereocenters. The second kappa shape index (κ2) is 5.72. The molecule has 0 bridgehead atoms. The number of halogens is 2. The van der Waals surface area contributed by atoms with Gasteiger partial charge in [-0.3, -0.25) is 4.68 Å². The third-order valence-corrected chi connectivity index (χ3v) is 3.57. The van der Waals surface area contributed by atoms with Gasteiger partial charge in [-0.15, -0.1) is 0 Å². The first-order valence-electron chi connectivity index (χ1n) is 6.20. The summed E-state index contributed by atoms with van der Waals surface area (Å²) in [5.74, 6) is -0.378. The fourth-order valence-corrected chi connectivity index (χ4v) is 2.42. The molecule has 0 saturated carbocycles. The fourth-order valence-electron chi connectivity index (χ4n) is 2.23. The standard InChI is InChI=1S/C14H17ClFN3/c1-9-12(6-7-17)10(2)19(18-9)8-11-4-3-5-13(15)14(11)16/h3-5H,6-8,17H2,1-2H3. The zero-order valence-electron chi connectivity index (χ0n) is 11.1. The second-order valence-corrected chi connectivity index (χ2v) is 4.97. The minimum absolute atomic E-state index is 0.140. The van der Waals surface area contributed by atoms with Crippen LogP contribution in [0, 0.1) is 19.7 Å². The van der Waals surface area contributed by atoms with Crippen LogP contribution < -0.4 is 5.73 Å². The van der Waals surface area contributed by atoms with Gasteiger partial charge in [0.05, 0.1) is 17.3 Å². The van der Waals surface area contributed by atoms with E-state index in [0.717, 1.165) is 23.4 Å². The van der Waals surface area contributed by atoms with Gasteiger partial charge in [0.2, 0.25) is 0 Å². The van der Waals surface area contributed by atoms with E-state index in [4.69, 9.17) is 17.3 Å². The molecule has 19 heavy (non-hydrogen) atoms. The molecule has 3 nitrogen and oxygen atoms in total. The van der Waals surface area contributed by atoms with Gasteiger partial charge in [-0.2, -0.15) is 5.10 Å². The van der Waals surface area contributed by atoms with Gasteiger partial charge in [0.25, 0.3) is 0 Å². The monoisotopic (exact) mass is 281 g/mol. The van der Waals surface area contributed by atoms with Crippen molar-refractivity contribution in [3.05, 3.63) is 51.6 Å². The maximum Gasteiger partial charge on any atom is 0.146 e. The summed E-state index contributed by atoms with van der Waals surface area (Å²) in [6.07, 6.45) is 0.787. The number of hydrogen-bond acceptors (Lipinski definition) is 2. The summed E-state index contributed by atoms with van der Waals surface area (Å²) in [7, 11) is 0. The highest BCUT2D eigenvalue weighted by Gasteiger charge is 2.13. The summed E-state index contributed by atoms with van der Waals surface area (Å²) >= 11 is 5.78. The molecule has 2 aromatic rings. The van der Waals surface area contributed by atoms with E-state index in [-0.39, 0.29) is 10.8 Å². The Morgan fingerprint density at radius 2 is 2.11 bits per heavy atom. The number of nitrogens with two attached hydrogens (primary N) is 1. The van der Waals surface area contributed by atoms with Gasteiger partial charge in [-0.25, -0.2) is 4.39 Å². The van der Waals surface area contributed by atoms with Crippen molar-refractivity contribution in [1.82, 2.24) is 9.78 Å². The Morgan fingerprint density at radius 3 is 2.79 bits per heavy atom. The van der Waals surface area contributed by atoms with E-state index in [1.165, 1.54) is 0 Å². The van der Waals surface area contributed by atoms with E-state index in [9.17, 15) is 4.39 Å². The van der Waals surface area contributed by atoms with Gasteiger partial charge in [0.1, 0.15) is 5.82 Å². The second-order valence-electron chi connectivity index (χ2n) is 4.56. The van der Waals surface area contributed by atoms with Crippen molar-refractivity contribution in [3.63, 3.8) is 0 Å². The van der Waals surface area contributed by atoms with Gasteiger partial charge in [0, 0.05) is 11.3 Å². The number of aromatic nitrogens is 2. The summed E-state index contributed by atoms with van der Waals surface area (Å²) in [4.78, 5) is 0. The summed E-state index contributed by atoms with van der Waals surface area (Å²) in [5.41, 5.74) is 9.25. The molecule has 102 valence electrons. The van der Waals surface area contributed by atoms with Crippen LogP contribution in [-0.2, 0) is 13.0 Å². The van der Waals surface area contributed by atoms with Crippen LogP contribution in [0.5, 0.6) is 0 Å². The Hall–Kier alpha value is -1.39. The molecule has 1 aromatic carbocycles. The quantitative estimate of drug-likeness (QED) is 0.936. The summed E-state index contributed by atoms with van der Waals surface area (Å²) in [5, 5.41) is 4.59. The molecular weight excluding hydrogens is 265 g/mol. The molecule has 0 radical (unpaired) electrons. The summed E-state index contributed by atoms with van der Waals surface area (Å²) in [6, 6.07) is 5.01. The molecule has 5 heteroatoms. The Labute approximate surface area is 117 Å². The summed E-state index contributed by atoms with van der Waals surface area (Å²) in [6.45, 7) is 4.89. The van der Waals surface area contributed by atoms with Crippen LogP contribution in [0.4, 0.5) is 4.39 Å². The van der Waals surface area contributed by atoms with Gasteiger partial charge in [-0.05, 0) is 38.4 Å². The highest BCUT2D eigenvalue weighted by Crippen LogP contribution is 2.20. The van der Waals surface area contributed by atoms with Gasteiger partial charge >= 0.3 is 0 Å². The van der Waals surface area contributed by atoms with Crippen molar-refractivity contribution < 1.29 is 4.39 Å². The van der Waals surface area contributed by atoms with Crippen molar-refractivity contribution in [3.8, 4) is 0 Å². The first-order chi connectivity index (χ1) is 9.04. The van der Waals surface area contributed by atoms with E-state index in [2.05, 4.69) is 5.10 Å². The van der Waals surface area contributed by atoms with Crippen molar-refractivity contribution in [2.24, 2.45) is 5.73 Å². The molecule has 1 aromatic heterocycles. The average molecular weight is 282 g/mol. The smallest absolute Gasteiger partial charge is 0.146 e. The topological polar surface area (TPSA) is 43.8 Å². The molecule has 2 N–H and O–H groups in total. The molecule has 0 amide bonds. The average Bonchev–Trinajstić information content (AvgIpc) is 2.63. The molecule has 0 spiro atoms. The first kappa shape index (κ1) is 14.0. The van der Waals surface area contributed by atoms with Crippen molar-refractivity contribution in [2.75, 3.05) is 6.54 Å². The molecular formula is C14H17ClFN3. The van der Waals surface area contributed by atoms with Crippen LogP contribution in [0.1, 0.15) is 22.5 Å². The largest absolute Gasteiger partial charge is 0.330 e. The van der Waals surface area contributed by atoms with E-state index < -0.39 is 0 Å². The molecule has 0 unspecified atom stereocenters. The number of hydrogen-bond donors (Lipinski definition) is 1. The van der Waals surface area contributed by atoms with Crippen LogP contribution in [0.15, 0.2) is 18.2 Å². The molecule has 0 fully saturated rings. The van der Waals surface area contributed by atoms with Crippen LogP contribution in [0.25, 0.3) is 0 Å². The summed E-state index contributed by atoms with van der Waals surface area (Å²) < 4.78 is 15.7. The molecule has 0 saturated heterocycles. The lowest BCUT2D eigenvalue weighted by molar-refractivity contribution is 0.579. The van der Waals surface area contributed by atoms with Gasteiger partial charge < -0.3 is 5.73 Å². The van der Waals surface area contributed by atoms with Crippen molar-refractivity contribution in [2.45, 2.75) is 26.8 Å². The Morgan fingerprint density at radius 1 is 1.37 bits per heavy atom. The van der Waals surface area contributed by atoms with Crippen molar-refractivity contribution in [1.29, 1.82) is 0 Å². The van der Waals surface area contributed by atoms with Gasteiger partial charge in [-0.1, -0.05) is 23.7 Å². The number of rotatable bonds is 4. The third kappa shape index (κ3) is 2.80. The minimum atomic E-state index is -0.378. The van der Waals surface area contributed by atoms with Gasteiger partial charge in [0.15, 0.2) is 0 Å². The number of aryl methyl sites for hydroxylation is 1. The highest BCUT2D eigenvalue weighted by atomic mass is 35.5. The molecule has 1 heterocycles. The Kier molecular flexibility index (Phi) is 4.22. The molecule has 2 rings (SSSR count). The maximum absolute atomic E-state index is 13.9. The predicted molar refractivity (Wildman–Crippen MR) is 75.0 cm³/mol. The van der Waals surface area contributed by atoms with E-state index in [1.807, 2.05) is 13.8 Å². The highest BCUT2D eigenvalue weighted by molar-refractivity contribution is 6.30. The van der Waals surface area contributed by atoms with Crippen LogP contribution in [0.2, 0.25) is 5.02 Å². The lowest BCUT2D eigenvalue weighted by Crippen LogP contribution is -2.07. The zero-order chi connectivity index (χ0) is 14.0. The van der Waals surface area contributed by atoms with Crippen LogP contribution in [-0.4, -0.2) is 16.3 Å². The lowest BCUT2D eigenvalue weighted by atomic mass is 10.1. The normalized spacial score (nSPS) is 11.0.